The zero-order chi connectivity index (χ0) is 16.6. The summed E-state index contributed by atoms with van der Waals surface area (Å²) in [5, 5.41) is 11.4. The predicted molar refractivity (Wildman–Crippen MR) is 84.7 cm³/mol. The van der Waals surface area contributed by atoms with Crippen LogP contribution in [-0.2, 0) is 14.4 Å². The van der Waals surface area contributed by atoms with E-state index in [1.54, 1.807) is 6.92 Å². The molecule has 2 bridgehead atoms. The van der Waals surface area contributed by atoms with Crippen molar-refractivity contribution >= 4 is 34.2 Å². The molecule has 1 saturated heterocycles. The molecule has 3 fully saturated rings. The summed E-state index contributed by atoms with van der Waals surface area (Å²) in [6.07, 6.45) is 5.38. The Bertz CT molecular complexity index is 767. The zero-order valence-electron chi connectivity index (χ0n) is 13.0. The van der Waals surface area contributed by atoms with Gasteiger partial charge in [-0.2, -0.15) is 0 Å². The second-order valence-electron chi connectivity index (χ2n) is 7.09. The maximum Gasteiger partial charge on any atom is 0.246 e. The van der Waals surface area contributed by atoms with Crippen LogP contribution in [0.2, 0.25) is 0 Å². The van der Waals surface area contributed by atoms with Gasteiger partial charge in [0.2, 0.25) is 22.9 Å². The Morgan fingerprint density at radius 1 is 1.21 bits per heavy atom. The molecule has 6 rings (SSSR count). The first-order valence-electron chi connectivity index (χ1n) is 8.18. The predicted octanol–water partition coefficient (Wildman–Crippen LogP) is 0.838. The van der Waals surface area contributed by atoms with E-state index in [1.807, 2.05) is 0 Å². The SMILES string of the molecule is Cc1nnc(NC(=O)CN2C(=O)C3C4C=CC(C5CC45)C3C2=O)s1. The molecule has 1 aliphatic heterocycles. The van der Waals surface area contributed by atoms with Gasteiger partial charge in [0, 0.05) is 0 Å². The van der Waals surface area contributed by atoms with E-state index < -0.39 is 5.91 Å². The summed E-state index contributed by atoms with van der Waals surface area (Å²) in [5.41, 5.74) is 0. The molecule has 8 heteroatoms. The van der Waals surface area contributed by atoms with Gasteiger partial charge in [0.25, 0.3) is 0 Å². The van der Waals surface area contributed by atoms with Crippen molar-refractivity contribution in [3.63, 3.8) is 0 Å². The van der Waals surface area contributed by atoms with E-state index >= 15 is 0 Å². The first kappa shape index (κ1) is 14.3. The fourth-order valence-electron chi connectivity index (χ4n) is 4.82. The van der Waals surface area contributed by atoms with Gasteiger partial charge in [-0.05, 0) is 37.0 Å². The summed E-state index contributed by atoms with van der Waals surface area (Å²) in [5.74, 6) is 0.210. The number of hydrogen-bond acceptors (Lipinski definition) is 6. The monoisotopic (exact) mass is 344 g/mol. The third-order valence-electron chi connectivity index (χ3n) is 5.83. The van der Waals surface area contributed by atoms with Gasteiger partial charge in [-0.1, -0.05) is 23.5 Å². The third-order valence-corrected chi connectivity index (χ3v) is 6.58. The number of hydrogen-bond donors (Lipinski definition) is 1. The number of amides is 3. The minimum Gasteiger partial charge on any atom is -0.299 e. The number of aryl methyl sites for hydroxylation is 1. The van der Waals surface area contributed by atoms with E-state index in [0.29, 0.717) is 17.0 Å². The van der Waals surface area contributed by atoms with Gasteiger partial charge in [-0.25, -0.2) is 0 Å². The number of aromatic nitrogens is 2. The molecule has 2 heterocycles. The number of likely N-dealkylation sites (tertiary alicyclic amines) is 1. The van der Waals surface area contributed by atoms with Crippen LogP contribution in [0.1, 0.15) is 11.4 Å². The number of nitrogens with one attached hydrogen (secondary N) is 1. The smallest absolute Gasteiger partial charge is 0.246 e. The summed E-state index contributed by atoms with van der Waals surface area (Å²) in [6.45, 7) is 1.55. The van der Waals surface area contributed by atoms with Crippen molar-refractivity contribution in [3.8, 4) is 0 Å². The number of anilines is 1. The van der Waals surface area contributed by atoms with Crippen LogP contribution in [0.15, 0.2) is 12.2 Å². The molecule has 2 saturated carbocycles. The van der Waals surface area contributed by atoms with E-state index in [0.717, 1.165) is 16.3 Å². The fraction of sp³-hybridized carbons (Fsp3) is 0.562. The highest BCUT2D eigenvalue weighted by atomic mass is 32.1. The molecule has 7 nitrogen and oxygen atoms in total. The molecule has 24 heavy (non-hydrogen) atoms. The second-order valence-corrected chi connectivity index (χ2v) is 8.27. The van der Waals surface area contributed by atoms with Crippen molar-refractivity contribution in [2.24, 2.45) is 35.5 Å². The largest absolute Gasteiger partial charge is 0.299 e. The topological polar surface area (TPSA) is 92.3 Å². The van der Waals surface area contributed by atoms with E-state index in [1.165, 1.54) is 11.3 Å². The maximum absolute atomic E-state index is 12.8. The Labute approximate surface area is 142 Å². The van der Waals surface area contributed by atoms with Crippen molar-refractivity contribution in [2.45, 2.75) is 13.3 Å². The molecule has 6 unspecified atom stereocenters. The summed E-state index contributed by atoms with van der Waals surface area (Å²) in [4.78, 5) is 38.9. The van der Waals surface area contributed by atoms with Gasteiger partial charge < -0.3 is 0 Å². The van der Waals surface area contributed by atoms with Crippen LogP contribution >= 0.6 is 11.3 Å². The van der Waals surface area contributed by atoms with Crippen LogP contribution in [0.25, 0.3) is 0 Å². The van der Waals surface area contributed by atoms with Gasteiger partial charge in [-0.3, -0.25) is 24.6 Å². The quantitative estimate of drug-likeness (QED) is 0.648. The van der Waals surface area contributed by atoms with Crippen molar-refractivity contribution in [3.05, 3.63) is 17.2 Å². The number of carbonyl (C=O) groups is 3. The summed E-state index contributed by atoms with van der Waals surface area (Å²) in [6, 6.07) is 0. The molecule has 1 N–H and O–H groups in total. The highest BCUT2D eigenvalue weighted by Crippen LogP contribution is 2.65. The Morgan fingerprint density at radius 3 is 2.38 bits per heavy atom. The minimum absolute atomic E-state index is 0.181. The van der Waals surface area contributed by atoms with Crippen molar-refractivity contribution in [1.82, 2.24) is 15.1 Å². The maximum atomic E-state index is 12.8. The fourth-order valence-corrected chi connectivity index (χ4v) is 5.43. The standard InChI is InChI=1S/C16H16N4O3S/c1-6-18-19-16(24-6)17-11(21)5-20-14(22)12-7-2-3-8(10-4-9(7)10)13(12)15(20)23/h2-3,7-10,12-13H,4-5H2,1H3,(H,17,19,21). The number of carbonyl (C=O) groups excluding carboxylic acids is 3. The van der Waals surface area contributed by atoms with Crippen molar-refractivity contribution in [2.75, 3.05) is 11.9 Å². The number of rotatable bonds is 3. The molecule has 1 aromatic rings. The molecule has 124 valence electrons. The van der Waals surface area contributed by atoms with Crippen molar-refractivity contribution < 1.29 is 14.4 Å². The van der Waals surface area contributed by atoms with E-state index in [9.17, 15) is 14.4 Å². The van der Waals surface area contributed by atoms with Gasteiger partial charge >= 0.3 is 0 Å². The highest BCUT2D eigenvalue weighted by molar-refractivity contribution is 7.15. The first-order chi connectivity index (χ1) is 11.5. The Balaban J connectivity index is 1.34. The molecular formula is C16H16N4O3S. The van der Waals surface area contributed by atoms with E-state index in [4.69, 9.17) is 0 Å². The lowest BCUT2D eigenvalue weighted by Crippen LogP contribution is -2.40. The summed E-state index contributed by atoms with van der Waals surface area (Å²) >= 11 is 1.26. The molecule has 5 aliphatic rings. The Kier molecular flexibility index (Phi) is 2.81. The average molecular weight is 344 g/mol. The van der Waals surface area contributed by atoms with Gasteiger partial charge in [0.15, 0.2) is 0 Å². The molecule has 0 aromatic carbocycles. The van der Waals surface area contributed by atoms with Gasteiger partial charge in [-0.15, -0.1) is 10.2 Å². The van der Waals surface area contributed by atoms with E-state index in [2.05, 4.69) is 27.7 Å². The van der Waals surface area contributed by atoms with Crippen LogP contribution < -0.4 is 5.32 Å². The summed E-state index contributed by atoms with van der Waals surface area (Å²) < 4.78 is 0. The van der Waals surface area contributed by atoms with Crippen LogP contribution in [0.4, 0.5) is 5.13 Å². The molecular weight excluding hydrogens is 328 g/mol. The number of allylic oxidation sites excluding steroid dienone is 2. The molecule has 3 amide bonds. The Hall–Kier alpha value is -2.09. The molecule has 0 spiro atoms. The normalized spacial score (nSPS) is 38.3. The first-order valence-corrected chi connectivity index (χ1v) is 9.00. The number of nitrogens with zero attached hydrogens (tertiary/aromatic N) is 3. The van der Waals surface area contributed by atoms with E-state index in [-0.39, 0.29) is 42.0 Å². The van der Waals surface area contributed by atoms with Crippen LogP contribution in [0.3, 0.4) is 0 Å². The second kappa shape index (κ2) is 4.72. The highest BCUT2D eigenvalue weighted by Gasteiger charge is 2.67. The molecule has 1 aromatic heterocycles. The third kappa shape index (κ3) is 1.86. The molecule has 0 radical (unpaired) electrons. The minimum atomic E-state index is -0.406. The van der Waals surface area contributed by atoms with Gasteiger partial charge in [0.1, 0.15) is 11.6 Å². The average Bonchev–Trinajstić information content (AvgIpc) is 3.24. The van der Waals surface area contributed by atoms with Crippen LogP contribution in [-0.4, -0.2) is 39.4 Å². The molecule has 4 aliphatic carbocycles. The van der Waals surface area contributed by atoms with Crippen LogP contribution in [0, 0.1) is 42.4 Å². The van der Waals surface area contributed by atoms with Crippen molar-refractivity contribution in [1.29, 1.82) is 0 Å². The summed E-state index contributed by atoms with van der Waals surface area (Å²) in [7, 11) is 0. The van der Waals surface area contributed by atoms with Gasteiger partial charge in [0.05, 0.1) is 11.8 Å². The molecule has 6 atom stereocenters. The van der Waals surface area contributed by atoms with Crippen LogP contribution in [0.5, 0.6) is 0 Å². The zero-order valence-corrected chi connectivity index (χ0v) is 13.8. The lowest BCUT2D eigenvalue weighted by Gasteiger charge is -2.37. The Morgan fingerprint density at radius 2 is 1.83 bits per heavy atom. The lowest BCUT2D eigenvalue weighted by molar-refractivity contribution is -0.142. The lowest BCUT2D eigenvalue weighted by atomic mass is 9.63. The number of imide groups is 1.